The fourth-order valence-electron chi connectivity index (χ4n) is 6.22. The standard InChI is InChI=1S/C34H38F6N2O6/c1-17(2)27(30(44)45)41-29(43)19-7-8-26(47-6)25(13-19)24-9-10-32(4,5)15-21(24)16-42-18(3)28(48-31(42)46)20-11-22(33(35,36)37)14-23(12-20)34(38,39)40/h7-8,11-14,17-18,27-28H,9-10,15-16H2,1-6H3,(H,41,43)(H,44,45)/t18-,27?,28-/m0/s1. The first-order valence-electron chi connectivity index (χ1n) is 15.3. The summed E-state index contributed by atoms with van der Waals surface area (Å²) >= 11 is 0. The summed E-state index contributed by atoms with van der Waals surface area (Å²) in [5.41, 5.74) is -1.47. The van der Waals surface area contributed by atoms with Gasteiger partial charge in [-0.3, -0.25) is 9.69 Å². The fraction of sp³-hybridized carbons (Fsp3) is 0.500. The van der Waals surface area contributed by atoms with Gasteiger partial charge in [0.2, 0.25) is 0 Å². The van der Waals surface area contributed by atoms with Crippen LogP contribution in [-0.4, -0.2) is 53.7 Å². The van der Waals surface area contributed by atoms with Crippen LogP contribution in [0.25, 0.3) is 5.57 Å². The molecular weight excluding hydrogens is 646 g/mol. The van der Waals surface area contributed by atoms with E-state index in [2.05, 4.69) is 5.32 Å². The topological polar surface area (TPSA) is 105 Å². The molecule has 0 bridgehead atoms. The molecule has 0 spiro atoms. The number of hydrogen-bond acceptors (Lipinski definition) is 5. The Balaban J connectivity index is 1.74. The van der Waals surface area contributed by atoms with Crippen LogP contribution in [0.2, 0.25) is 0 Å². The molecular formula is C34H38F6N2O6. The molecule has 14 heteroatoms. The highest BCUT2D eigenvalue weighted by molar-refractivity contribution is 5.98. The SMILES string of the molecule is COc1ccc(C(=O)NC(C(=O)O)C(C)C)cc1C1=C(CN2C(=O)O[C@H](c3cc(C(F)(F)F)cc(C(F)(F)F)c3)[C@@H]2C)CC(C)(C)CC1. The van der Waals surface area contributed by atoms with Crippen molar-refractivity contribution in [2.45, 2.75) is 84.4 Å². The number of halogens is 6. The van der Waals surface area contributed by atoms with Crippen molar-refractivity contribution in [2.75, 3.05) is 13.7 Å². The number of hydrogen-bond donors (Lipinski definition) is 2. The Kier molecular flexibility index (Phi) is 10.2. The molecule has 1 aliphatic carbocycles. The number of carbonyl (C=O) groups excluding carboxylic acids is 2. The number of nitrogens with one attached hydrogen (secondary N) is 1. The van der Waals surface area contributed by atoms with Gasteiger partial charge in [-0.2, -0.15) is 26.3 Å². The second kappa shape index (κ2) is 13.3. The van der Waals surface area contributed by atoms with Gasteiger partial charge < -0.3 is 19.9 Å². The molecule has 1 aliphatic heterocycles. The molecule has 0 saturated carbocycles. The minimum Gasteiger partial charge on any atom is -0.496 e. The highest BCUT2D eigenvalue weighted by Crippen LogP contribution is 2.46. The first-order chi connectivity index (χ1) is 22.1. The van der Waals surface area contributed by atoms with Gasteiger partial charge >= 0.3 is 24.4 Å². The number of carbonyl (C=O) groups is 3. The van der Waals surface area contributed by atoms with E-state index in [1.807, 2.05) is 13.8 Å². The van der Waals surface area contributed by atoms with Crippen LogP contribution in [0.3, 0.4) is 0 Å². The zero-order valence-corrected chi connectivity index (χ0v) is 27.3. The third-order valence-electron chi connectivity index (χ3n) is 8.87. The quantitative estimate of drug-likeness (QED) is 0.259. The van der Waals surface area contributed by atoms with Gasteiger partial charge in [-0.05, 0) is 90.6 Å². The molecule has 0 radical (unpaired) electrons. The number of carboxylic acids is 1. The summed E-state index contributed by atoms with van der Waals surface area (Å²) in [6, 6.07) is 3.74. The van der Waals surface area contributed by atoms with Gasteiger partial charge in [-0.1, -0.05) is 27.7 Å². The lowest BCUT2D eigenvalue weighted by Gasteiger charge is -2.36. The third-order valence-corrected chi connectivity index (χ3v) is 8.87. The minimum atomic E-state index is -5.07. The van der Waals surface area contributed by atoms with Crippen LogP contribution in [0.15, 0.2) is 42.0 Å². The number of amides is 2. The predicted octanol–water partition coefficient (Wildman–Crippen LogP) is 8.12. The molecule has 262 valence electrons. The number of allylic oxidation sites excluding steroid dienone is 1. The Labute approximate surface area is 274 Å². The van der Waals surface area contributed by atoms with Crippen LogP contribution in [0.5, 0.6) is 5.75 Å². The van der Waals surface area contributed by atoms with Crippen molar-refractivity contribution in [3.63, 3.8) is 0 Å². The fourth-order valence-corrected chi connectivity index (χ4v) is 6.22. The lowest BCUT2D eigenvalue weighted by Crippen LogP contribution is -2.44. The van der Waals surface area contributed by atoms with Crippen molar-refractivity contribution in [2.24, 2.45) is 11.3 Å². The molecule has 3 atom stereocenters. The summed E-state index contributed by atoms with van der Waals surface area (Å²) < 4.78 is 92.5. The zero-order valence-electron chi connectivity index (χ0n) is 27.3. The van der Waals surface area contributed by atoms with Crippen LogP contribution < -0.4 is 10.1 Å². The molecule has 2 amide bonds. The first kappa shape index (κ1) is 36.6. The molecule has 2 N–H and O–H groups in total. The monoisotopic (exact) mass is 684 g/mol. The van der Waals surface area contributed by atoms with Crippen LogP contribution in [0.1, 0.15) is 92.6 Å². The number of rotatable bonds is 9. The van der Waals surface area contributed by atoms with Gasteiger partial charge in [0.1, 0.15) is 17.9 Å². The Morgan fingerprint density at radius 3 is 2.19 bits per heavy atom. The van der Waals surface area contributed by atoms with Crippen molar-refractivity contribution in [1.29, 1.82) is 0 Å². The van der Waals surface area contributed by atoms with Gasteiger partial charge in [-0.25, -0.2) is 9.59 Å². The lowest BCUT2D eigenvalue weighted by molar-refractivity contribution is -0.143. The molecule has 2 aromatic rings. The number of ether oxygens (including phenoxy) is 2. The Morgan fingerprint density at radius 2 is 1.67 bits per heavy atom. The highest BCUT2D eigenvalue weighted by Gasteiger charge is 2.44. The van der Waals surface area contributed by atoms with E-state index < -0.39 is 65.2 Å². The molecule has 0 aromatic heterocycles. The number of carboxylic acid groups (broad SMARTS) is 1. The van der Waals surface area contributed by atoms with Crippen LogP contribution in [0, 0.1) is 11.3 Å². The van der Waals surface area contributed by atoms with Gasteiger partial charge in [0.25, 0.3) is 5.91 Å². The van der Waals surface area contributed by atoms with Crippen molar-refractivity contribution in [1.82, 2.24) is 10.2 Å². The normalized spacial score (nSPS) is 20.5. The van der Waals surface area contributed by atoms with Crippen molar-refractivity contribution >= 4 is 23.5 Å². The van der Waals surface area contributed by atoms with Crippen LogP contribution >= 0.6 is 0 Å². The van der Waals surface area contributed by atoms with Crippen molar-refractivity contribution in [3.8, 4) is 5.75 Å². The largest absolute Gasteiger partial charge is 0.496 e. The minimum absolute atomic E-state index is 0.0241. The van der Waals surface area contributed by atoms with Gasteiger partial charge in [0.05, 0.1) is 24.3 Å². The van der Waals surface area contributed by atoms with E-state index >= 15 is 0 Å². The summed E-state index contributed by atoms with van der Waals surface area (Å²) in [5.74, 6) is -1.77. The summed E-state index contributed by atoms with van der Waals surface area (Å²) in [4.78, 5) is 39.3. The molecule has 2 aromatic carbocycles. The smallest absolute Gasteiger partial charge is 0.416 e. The van der Waals surface area contributed by atoms with E-state index in [9.17, 15) is 45.8 Å². The maximum atomic E-state index is 13.6. The van der Waals surface area contributed by atoms with E-state index in [4.69, 9.17) is 9.47 Å². The van der Waals surface area contributed by atoms with Gasteiger partial charge in [0, 0.05) is 17.7 Å². The molecule has 1 fully saturated rings. The van der Waals surface area contributed by atoms with Gasteiger partial charge in [-0.15, -0.1) is 0 Å². The van der Waals surface area contributed by atoms with E-state index in [-0.39, 0.29) is 29.5 Å². The maximum Gasteiger partial charge on any atom is 0.416 e. The van der Waals surface area contributed by atoms with E-state index in [0.717, 1.165) is 11.1 Å². The van der Waals surface area contributed by atoms with Crippen molar-refractivity contribution < 1.29 is 55.3 Å². The Hall–Kier alpha value is -4.23. The second-order valence-electron chi connectivity index (χ2n) is 13.4. The third kappa shape index (κ3) is 7.90. The summed E-state index contributed by atoms with van der Waals surface area (Å²) in [6.45, 7) is 8.83. The second-order valence-corrected chi connectivity index (χ2v) is 13.4. The molecule has 1 heterocycles. The summed E-state index contributed by atoms with van der Waals surface area (Å²) in [5, 5.41) is 12.1. The summed E-state index contributed by atoms with van der Waals surface area (Å²) in [7, 11) is 1.44. The number of methoxy groups -OCH3 is 1. The number of nitrogens with zero attached hydrogens (tertiary/aromatic N) is 1. The first-order valence-corrected chi connectivity index (χ1v) is 15.3. The highest BCUT2D eigenvalue weighted by atomic mass is 19.4. The lowest BCUT2D eigenvalue weighted by atomic mass is 9.72. The number of cyclic esters (lactones) is 1. The van der Waals surface area contributed by atoms with E-state index in [1.54, 1.807) is 26.0 Å². The van der Waals surface area contributed by atoms with E-state index in [1.165, 1.54) is 25.0 Å². The molecule has 4 rings (SSSR count). The number of benzene rings is 2. The maximum absolute atomic E-state index is 13.6. The molecule has 1 saturated heterocycles. The van der Waals surface area contributed by atoms with Crippen LogP contribution in [-0.2, 0) is 21.9 Å². The molecule has 1 unspecified atom stereocenters. The Bertz CT molecular complexity index is 1580. The molecule has 2 aliphatic rings. The molecule has 8 nitrogen and oxygen atoms in total. The van der Waals surface area contributed by atoms with Crippen LogP contribution in [0.4, 0.5) is 31.1 Å². The average molecular weight is 685 g/mol. The van der Waals surface area contributed by atoms with Crippen molar-refractivity contribution in [3.05, 3.63) is 69.8 Å². The van der Waals surface area contributed by atoms with Gasteiger partial charge in [0.15, 0.2) is 0 Å². The Morgan fingerprint density at radius 1 is 1.06 bits per heavy atom. The summed E-state index contributed by atoms with van der Waals surface area (Å²) in [6.07, 6.45) is -10.8. The zero-order chi connectivity index (χ0) is 35.9. The predicted molar refractivity (Wildman–Crippen MR) is 163 cm³/mol. The van der Waals surface area contributed by atoms with E-state index in [0.29, 0.717) is 42.7 Å². The average Bonchev–Trinajstić information content (AvgIpc) is 3.26. The number of alkyl halides is 6. The molecule has 48 heavy (non-hydrogen) atoms. The number of aliphatic carboxylic acids is 1.